The maximum absolute atomic E-state index is 12.0. The van der Waals surface area contributed by atoms with Crippen molar-refractivity contribution in [1.82, 2.24) is 15.1 Å². The van der Waals surface area contributed by atoms with E-state index in [4.69, 9.17) is 4.74 Å². The maximum atomic E-state index is 12.0. The van der Waals surface area contributed by atoms with Crippen LogP contribution in [0.3, 0.4) is 0 Å². The van der Waals surface area contributed by atoms with Gasteiger partial charge in [0.25, 0.3) is 0 Å². The van der Waals surface area contributed by atoms with Crippen LogP contribution >= 0.6 is 0 Å². The average molecular weight is 287 g/mol. The molecule has 0 saturated heterocycles. The van der Waals surface area contributed by atoms with E-state index in [0.717, 1.165) is 23.2 Å². The van der Waals surface area contributed by atoms with Crippen LogP contribution in [0.5, 0.6) is 0 Å². The molecule has 1 atom stereocenters. The summed E-state index contributed by atoms with van der Waals surface area (Å²) in [6, 6.07) is 9.11. The van der Waals surface area contributed by atoms with Crippen molar-refractivity contribution in [2.75, 3.05) is 7.11 Å². The third kappa shape index (κ3) is 3.70. The minimum atomic E-state index is -0.471. The van der Waals surface area contributed by atoms with Crippen molar-refractivity contribution < 1.29 is 9.53 Å². The third-order valence-corrected chi connectivity index (χ3v) is 3.39. The molecule has 5 heteroatoms. The standard InChI is InChI=1S/C16H21N3O2/c1-4-14-13(11-19(2)18-14)10-17-15(16(20)21-3)12-8-6-5-7-9-12/h5-9,11,15,17H,4,10H2,1-3H3. The molecular weight excluding hydrogens is 266 g/mol. The Morgan fingerprint density at radius 2 is 2.10 bits per heavy atom. The molecule has 0 aliphatic heterocycles. The van der Waals surface area contributed by atoms with Gasteiger partial charge in [-0.3, -0.25) is 10.00 Å². The number of carbonyl (C=O) groups excluding carboxylic acids is 1. The molecule has 0 amide bonds. The molecule has 0 bridgehead atoms. The molecule has 2 rings (SSSR count). The number of ether oxygens (including phenoxy) is 1. The zero-order valence-corrected chi connectivity index (χ0v) is 12.7. The van der Waals surface area contributed by atoms with Crippen LogP contribution in [0.2, 0.25) is 0 Å². The van der Waals surface area contributed by atoms with Crippen molar-refractivity contribution in [2.45, 2.75) is 25.9 Å². The molecule has 0 spiro atoms. The van der Waals surface area contributed by atoms with Gasteiger partial charge in [0.15, 0.2) is 0 Å². The predicted octanol–water partition coefficient (Wildman–Crippen LogP) is 1.99. The van der Waals surface area contributed by atoms with Crippen LogP contribution in [-0.4, -0.2) is 22.9 Å². The summed E-state index contributed by atoms with van der Waals surface area (Å²) < 4.78 is 6.69. The average Bonchev–Trinajstić information content (AvgIpc) is 2.88. The Bertz CT molecular complexity index is 593. The number of hydrogen-bond donors (Lipinski definition) is 1. The highest BCUT2D eigenvalue weighted by molar-refractivity contribution is 5.77. The fraction of sp³-hybridized carbons (Fsp3) is 0.375. The number of aryl methyl sites for hydroxylation is 2. The van der Waals surface area contributed by atoms with E-state index in [2.05, 4.69) is 17.3 Å². The van der Waals surface area contributed by atoms with Gasteiger partial charge in [-0.2, -0.15) is 5.10 Å². The highest BCUT2D eigenvalue weighted by atomic mass is 16.5. The van der Waals surface area contributed by atoms with Gasteiger partial charge in [0.1, 0.15) is 6.04 Å². The minimum absolute atomic E-state index is 0.289. The summed E-state index contributed by atoms with van der Waals surface area (Å²) in [6.07, 6.45) is 2.84. The largest absolute Gasteiger partial charge is 0.468 e. The third-order valence-electron chi connectivity index (χ3n) is 3.39. The number of nitrogens with zero attached hydrogens (tertiary/aromatic N) is 2. The second-order valence-electron chi connectivity index (χ2n) is 4.88. The minimum Gasteiger partial charge on any atom is -0.468 e. The van der Waals surface area contributed by atoms with Crippen molar-refractivity contribution in [2.24, 2.45) is 7.05 Å². The lowest BCUT2D eigenvalue weighted by Crippen LogP contribution is -2.29. The summed E-state index contributed by atoms with van der Waals surface area (Å²) in [5.74, 6) is -0.289. The number of rotatable bonds is 6. The van der Waals surface area contributed by atoms with E-state index in [1.54, 1.807) is 4.68 Å². The molecule has 5 nitrogen and oxygen atoms in total. The van der Waals surface area contributed by atoms with Crippen molar-refractivity contribution >= 4 is 5.97 Å². The molecular formula is C16H21N3O2. The van der Waals surface area contributed by atoms with Gasteiger partial charge in [-0.05, 0) is 12.0 Å². The number of carbonyl (C=O) groups is 1. The summed E-state index contributed by atoms with van der Waals surface area (Å²) in [4.78, 5) is 12.0. The van der Waals surface area contributed by atoms with Gasteiger partial charge >= 0.3 is 5.97 Å². The number of aromatic nitrogens is 2. The van der Waals surface area contributed by atoms with Gasteiger partial charge in [0.05, 0.1) is 12.8 Å². The molecule has 0 fully saturated rings. The van der Waals surface area contributed by atoms with Crippen LogP contribution in [0.4, 0.5) is 0 Å². The molecule has 1 N–H and O–H groups in total. The van der Waals surface area contributed by atoms with Crippen LogP contribution < -0.4 is 5.32 Å². The number of hydrogen-bond acceptors (Lipinski definition) is 4. The Morgan fingerprint density at radius 3 is 2.71 bits per heavy atom. The summed E-state index contributed by atoms with van der Waals surface area (Å²) in [7, 11) is 3.30. The Balaban J connectivity index is 2.14. The van der Waals surface area contributed by atoms with Crippen molar-refractivity contribution in [3.63, 3.8) is 0 Å². The highest BCUT2D eigenvalue weighted by Gasteiger charge is 2.21. The number of benzene rings is 1. The normalized spacial score (nSPS) is 12.1. The number of methoxy groups -OCH3 is 1. The van der Waals surface area contributed by atoms with Crippen LogP contribution in [-0.2, 0) is 29.5 Å². The second-order valence-corrected chi connectivity index (χ2v) is 4.88. The first kappa shape index (κ1) is 15.3. The Morgan fingerprint density at radius 1 is 1.38 bits per heavy atom. The van der Waals surface area contributed by atoms with Gasteiger partial charge in [0, 0.05) is 25.4 Å². The Kier molecular flexibility index (Phi) is 5.11. The molecule has 2 aromatic rings. The lowest BCUT2D eigenvalue weighted by atomic mass is 10.1. The molecule has 1 aromatic heterocycles. The van der Waals surface area contributed by atoms with Gasteiger partial charge in [-0.25, -0.2) is 4.79 Å². The van der Waals surface area contributed by atoms with Crippen LogP contribution in [0.1, 0.15) is 29.8 Å². The van der Waals surface area contributed by atoms with Crippen LogP contribution in [0, 0.1) is 0 Å². The second kappa shape index (κ2) is 7.04. The summed E-state index contributed by atoms with van der Waals surface area (Å²) in [6.45, 7) is 2.65. The fourth-order valence-electron chi connectivity index (χ4n) is 2.34. The van der Waals surface area contributed by atoms with Gasteiger partial charge in [-0.15, -0.1) is 0 Å². The van der Waals surface area contributed by atoms with Crippen LogP contribution in [0.15, 0.2) is 36.5 Å². The molecule has 0 radical (unpaired) electrons. The Hall–Kier alpha value is -2.14. The first-order valence-electron chi connectivity index (χ1n) is 7.03. The van der Waals surface area contributed by atoms with Gasteiger partial charge in [-0.1, -0.05) is 37.3 Å². The summed E-state index contributed by atoms with van der Waals surface area (Å²) >= 11 is 0. The molecule has 0 saturated carbocycles. The van der Waals surface area contributed by atoms with Crippen LogP contribution in [0.25, 0.3) is 0 Å². The van der Waals surface area contributed by atoms with E-state index >= 15 is 0 Å². The number of nitrogens with one attached hydrogen (secondary N) is 1. The molecule has 1 aromatic carbocycles. The van der Waals surface area contributed by atoms with E-state index in [1.807, 2.05) is 43.6 Å². The van der Waals surface area contributed by atoms with E-state index in [0.29, 0.717) is 6.54 Å². The maximum Gasteiger partial charge on any atom is 0.327 e. The monoisotopic (exact) mass is 287 g/mol. The predicted molar refractivity (Wildman–Crippen MR) is 80.6 cm³/mol. The zero-order valence-electron chi connectivity index (χ0n) is 12.7. The molecule has 0 aliphatic rings. The van der Waals surface area contributed by atoms with Gasteiger partial charge < -0.3 is 4.74 Å². The topological polar surface area (TPSA) is 56.2 Å². The van der Waals surface area contributed by atoms with E-state index in [9.17, 15) is 4.79 Å². The molecule has 1 heterocycles. The molecule has 0 aliphatic carbocycles. The lowest BCUT2D eigenvalue weighted by molar-refractivity contribution is -0.143. The van der Waals surface area contributed by atoms with Gasteiger partial charge in [0.2, 0.25) is 0 Å². The quantitative estimate of drug-likeness (QED) is 0.826. The Labute approximate surface area is 124 Å². The lowest BCUT2D eigenvalue weighted by Gasteiger charge is -2.16. The smallest absolute Gasteiger partial charge is 0.327 e. The fourth-order valence-corrected chi connectivity index (χ4v) is 2.34. The van der Waals surface area contributed by atoms with Crippen molar-refractivity contribution in [3.05, 3.63) is 53.3 Å². The van der Waals surface area contributed by atoms with E-state index < -0.39 is 6.04 Å². The number of esters is 1. The van der Waals surface area contributed by atoms with Crippen molar-refractivity contribution in [3.8, 4) is 0 Å². The molecule has 1 unspecified atom stereocenters. The first-order chi connectivity index (χ1) is 10.2. The SMILES string of the molecule is CCc1nn(C)cc1CNC(C(=O)OC)c1ccccc1. The molecule has 21 heavy (non-hydrogen) atoms. The van der Waals surface area contributed by atoms with E-state index in [1.165, 1.54) is 7.11 Å². The van der Waals surface area contributed by atoms with Crippen molar-refractivity contribution in [1.29, 1.82) is 0 Å². The summed E-state index contributed by atoms with van der Waals surface area (Å²) in [5.41, 5.74) is 3.04. The summed E-state index contributed by atoms with van der Waals surface area (Å²) in [5, 5.41) is 7.67. The van der Waals surface area contributed by atoms with E-state index in [-0.39, 0.29) is 5.97 Å². The first-order valence-corrected chi connectivity index (χ1v) is 7.03. The highest BCUT2D eigenvalue weighted by Crippen LogP contribution is 2.16. The zero-order chi connectivity index (χ0) is 15.2. The molecule has 112 valence electrons.